The molecule has 1 aromatic rings. The average Bonchev–Trinajstić information content (AvgIpc) is 2.38. The van der Waals surface area contributed by atoms with Crippen LogP contribution in [0.5, 0.6) is 0 Å². The first-order chi connectivity index (χ1) is 8.58. The SMILES string of the molecule is CC1CCCN(C(=O)c2cc(C(=O)O)ccn2)C1. The van der Waals surface area contributed by atoms with Gasteiger partial charge in [-0.3, -0.25) is 9.78 Å². The van der Waals surface area contributed by atoms with Crippen LogP contribution in [0.25, 0.3) is 0 Å². The van der Waals surface area contributed by atoms with Gasteiger partial charge in [-0.2, -0.15) is 0 Å². The second-order valence-corrected chi connectivity index (χ2v) is 4.73. The van der Waals surface area contributed by atoms with Gasteiger partial charge in [0.1, 0.15) is 5.69 Å². The number of pyridine rings is 1. The predicted molar refractivity (Wildman–Crippen MR) is 65.5 cm³/mol. The van der Waals surface area contributed by atoms with Crippen molar-refractivity contribution in [2.24, 2.45) is 5.92 Å². The Morgan fingerprint density at radius 2 is 2.28 bits per heavy atom. The lowest BCUT2D eigenvalue weighted by Crippen LogP contribution is -2.39. The number of likely N-dealkylation sites (tertiary alicyclic amines) is 1. The molecule has 1 aliphatic rings. The molecule has 18 heavy (non-hydrogen) atoms. The van der Waals surface area contributed by atoms with Crippen molar-refractivity contribution < 1.29 is 14.7 Å². The number of hydrogen-bond donors (Lipinski definition) is 1. The molecule has 1 unspecified atom stereocenters. The van der Waals surface area contributed by atoms with E-state index in [9.17, 15) is 9.59 Å². The number of hydrogen-bond acceptors (Lipinski definition) is 3. The quantitative estimate of drug-likeness (QED) is 0.864. The van der Waals surface area contributed by atoms with E-state index in [4.69, 9.17) is 5.11 Å². The molecule has 1 fully saturated rings. The molecular weight excluding hydrogens is 232 g/mol. The van der Waals surface area contributed by atoms with Gasteiger partial charge in [0.05, 0.1) is 5.56 Å². The summed E-state index contributed by atoms with van der Waals surface area (Å²) in [7, 11) is 0. The van der Waals surface area contributed by atoms with Crippen LogP contribution >= 0.6 is 0 Å². The molecule has 0 spiro atoms. The number of carboxylic acids is 1. The number of carbonyl (C=O) groups is 2. The second kappa shape index (κ2) is 5.16. The van der Waals surface area contributed by atoms with Crippen LogP contribution in [-0.4, -0.2) is 40.0 Å². The number of amides is 1. The monoisotopic (exact) mass is 248 g/mol. The number of rotatable bonds is 2. The summed E-state index contributed by atoms with van der Waals surface area (Å²) in [6.07, 6.45) is 3.49. The fourth-order valence-electron chi connectivity index (χ4n) is 2.22. The van der Waals surface area contributed by atoms with Gasteiger partial charge in [-0.15, -0.1) is 0 Å². The van der Waals surface area contributed by atoms with Crippen molar-refractivity contribution in [2.75, 3.05) is 13.1 Å². The van der Waals surface area contributed by atoms with Crippen molar-refractivity contribution in [1.29, 1.82) is 0 Å². The van der Waals surface area contributed by atoms with Gasteiger partial charge < -0.3 is 10.0 Å². The highest BCUT2D eigenvalue weighted by atomic mass is 16.4. The summed E-state index contributed by atoms with van der Waals surface area (Å²) < 4.78 is 0. The van der Waals surface area contributed by atoms with Crippen molar-refractivity contribution in [3.63, 3.8) is 0 Å². The number of carbonyl (C=O) groups excluding carboxylic acids is 1. The molecule has 5 heteroatoms. The largest absolute Gasteiger partial charge is 0.478 e. The zero-order chi connectivity index (χ0) is 13.1. The normalized spacial score (nSPS) is 19.6. The molecule has 0 bridgehead atoms. The minimum Gasteiger partial charge on any atom is -0.478 e. The minimum atomic E-state index is -1.04. The highest BCUT2D eigenvalue weighted by molar-refractivity contribution is 5.95. The standard InChI is InChI=1S/C13H16N2O3/c1-9-3-2-6-15(8-9)12(16)11-7-10(13(17)18)4-5-14-11/h4-5,7,9H,2-3,6,8H2,1H3,(H,17,18). The molecule has 0 saturated carbocycles. The number of piperidine rings is 1. The lowest BCUT2D eigenvalue weighted by Gasteiger charge is -2.30. The molecule has 0 aliphatic carbocycles. The van der Waals surface area contributed by atoms with E-state index in [0.717, 1.165) is 25.9 Å². The molecular formula is C13H16N2O3. The van der Waals surface area contributed by atoms with E-state index in [1.165, 1.54) is 18.3 Å². The minimum absolute atomic E-state index is 0.0957. The van der Waals surface area contributed by atoms with Gasteiger partial charge in [-0.25, -0.2) is 4.79 Å². The molecule has 1 amide bonds. The number of aromatic nitrogens is 1. The summed E-state index contributed by atoms with van der Waals surface area (Å²) in [6.45, 7) is 3.56. The third-order valence-corrected chi connectivity index (χ3v) is 3.17. The molecule has 0 radical (unpaired) electrons. The Kier molecular flexibility index (Phi) is 3.60. The predicted octanol–water partition coefficient (Wildman–Crippen LogP) is 1.65. The summed E-state index contributed by atoms with van der Waals surface area (Å²) in [5, 5.41) is 8.89. The number of nitrogens with zero attached hydrogens (tertiary/aromatic N) is 2. The van der Waals surface area contributed by atoms with Gasteiger partial charge in [-0.1, -0.05) is 6.92 Å². The van der Waals surface area contributed by atoms with Gasteiger partial charge in [-0.05, 0) is 30.9 Å². The lowest BCUT2D eigenvalue weighted by atomic mass is 10.00. The Labute approximate surface area is 105 Å². The zero-order valence-electron chi connectivity index (χ0n) is 10.3. The Balaban J connectivity index is 2.17. The highest BCUT2D eigenvalue weighted by Crippen LogP contribution is 2.17. The molecule has 1 saturated heterocycles. The van der Waals surface area contributed by atoms with Crippen LogP contribution < -0.4 is 0 Å². The maximum Gasteiger partial charge on any atom is 0.335 e. The van der Waals surface area contributed by atoms with Crippen LogP contribution in [0.3, 0.4) is 0 Å². The molecule has 1 aromatic heterocycles. The van der Waals surface area contributed by atoms with Gasteiger partial charge in [0, 0.05) is 19.3 Å². The maximum absolute atomic E-state index is 12.2. The Hall–Kier alpha value is -1.91. The van der Waals surface area contributed by atoms with Crippen molar-refractivity contribution in [2.45, 2.75) is 19.8 Å². The molecule has 1 atom stereocenters. The fourth-order valence-corrected chi connectivity index (χ4v) is 2.22. The fraction of sp³-hybridized carbons (Fsp3) is 0.462. The molecule has 96 valence electrons. The highest BCUT2D eigenvalue weighted by Gasteiger charge is 2.23. The van der Waals surface area contributed by atoms with E-state index < -0.39 is 5.97 Å². The lowest BCUT2D eigenvalue weighted by molar-refractivity contribution is 0.0677. The third kappa shape index (κ3) is 2.67. The first-order valence-electron chi connectivity index (χ1n) is 6.06. The molecule has 2 rings (SSSR count). The Morgan fingerprint density at radius 1 is 1.50 bits per heavy atom. The van der Waals surface area contributed by atoms with E-state index in [-0.39, 0.29) is 17.2 Å². The average molecular weight is 248 g/mol. The summed E-state index contributed by atoms with van der Waals surface area (Å²) in [5.74, 6) is -0.728. The summed E-state index contributed by atoms with van der Waals surface area (Å²) >= 11 is 0. The van der Waals surface area contributed by atoms with Crippen LogP contribution in [0, 0.1) is 5.92 Å². The van der Waals surface area contributed by atoms with Gasteiger partial charge >= 0.3 is 5.97 Å². The second-order valence-electron chi connectivity index (χ2n) is 4.73. The molecule has 5 nitrogen and oxygen atoms in total. The first-order valence-corrected chi connectivity index (χ1v) is 6.06. The van der Waals surface area contributed by atoms with Gasteiger partial charge in [0.25, 0.3) is 5.91 Å². The summed E-state index contributed by atoms with van der Waals surface area (Å²) in [4.78, 5) is 28.8. The van der Waals surface area contributed by atoms with Crippen molar-refractivity contribution in [3.8, 4) is 0 Å². The Bertz CT molecular complexity index is 473. The van der Waals surface area contributed by atoms with Crippen molar-refractivity contribution >= 4 is 11.9 Å². The zero-order valence-corrected chi connectivity index (χ0v) is 10.3. The topological polar surface area (TPSA) is 70.5 Å². The number of aromatic carboxylic acids is 1. The molecule has 2 heterocycles. The summed E-state index contributed by atoms with van der Waals surface area (Å²) in [6, 6.07) is 2.72. The van der Waals surface area contributed by atoms with Crippen LogP contribution in [0.4, 0.5) is 0 Å². The first kappa shape index (κ1) is 12.5. The van der Waals surface area contributed by atoms with E-state index in [1.807, 2.05) is 0 Å². The van der Waals surface area contributed by atoms with Crippen LogP contribution in [0.2, 0.25) is 0 Å². The van der Waals surface area contributed by atoms with Gasteiger partial charge in [0.15, 0.2) is 0 Å². The van der Waals surface area contributed by atoms with E-state index in [0.29, 0.717) is 5.92 Å². The summed E-state index contributed by atoms with van der Waals surface area (Å²) in [5.41, 5.74) is 0.308. The van der Waals surface area contributed by atoms with Crippen LogP contribution in [0.1, 0.15) is 40.6 Å². The van der Waals surface area contributed by atoms with E-state index in [1.54, 1.807) is 4.90 Å². The van der Waals surface area contributed by atoms with Crippen LogP contribution in [0.15, 0.2) is 18.3 Å². The maximum atomic E-state index is 12.2. The van der Waals surface area contributed by atoms with E-state index in [2.05, 4.69) is 11.9 Å². The van der Waals surface area contributed by atoms with Gasteiger partial charge in [0.2, 0.25) is 0 Å². The van der Waals surface area contributed by atoms with Crippen LogP contribution in [-0.2, 0) is 0 Å². The van der Waals surface area contributed by atoms with Crippen molar-refractivity contribution in [1.82, 2.24) is 9.88 Å². The molecule has 1 aliphatic heterocycles. The molecule has 0 aromatic carbocycles. The Morgan fingerprint density at radius 3 is 2.94 bits per heavy atom. The van der Waals surface area contributed by atoms with E-state index >= 15 is 0 Å². The molecule has 1 N–H and O–H groups in total. The third-order valence-electron chi connectivity index (χ3n) is 3.17. The smallest absolute Gasteiger partial charge is 0.335 e. The van der Waals surface area contributed by atoms with Crippen molar-refractivity contribution in [3.05, 3.63) is 29.6 Å². The number of carboxylic acid groups (broad SMARTS) is 1.